The van der Waals surface area contributed by atoms with Gasteiger partial charge in [0.05, 0.1) is 0 Å². The van der Waals surface area contributed by atoms with E-state index in [-0.39, 0.29) is 31.1 Å². The van der Waals surface area contributed by atoms with E-state index in [0.717, 1.165) is 69.6 Å². The molecule has 374 valence electrons. The van der Waals surface area contributed by atoms with Gasteiger partial charge in [0.1, 0.15) is 13.2 Å². The Morgan fingerprint density at radius 3 is 0.905 bits per heavy atom. The summed E-state index contributed by atoms with van der Waals surface area (Å²) in [5, 5.41) is 0. The Balaban J connectivity index is 4.29. The number of carbonyl (C=O) groups excluding carboxylic acids is 3. The van der Waals surface area contributed by atoms with Crippen molar-refractivity contribution in [2.45, 2.75) is 323 Å². The number of esters is 3. The molecule has 0 fully saturated rings. The maximum absolute atomic E-state index is 12.8. The Bertz CT molecular complexity index is 964. The molecule has 0 aliphatic carbocycles. The van der Waals surface area contributed by atoms with Crippen LogP contribution in [0.3, 0.4) is 0 Å². The lowest BCUT2D eigenvalue weighted by Crippen LogP contribution is -2.30. The molecule has 0 bridgehead atoms. The van der Waals surface area contributed by atoms with Gasteiger partial charge < -0.3 is 14.2 Å². The number of rotatable bonds is 51. The van der Waals surface area contributed by atoms with Crippen molar-refractivity contribution in [2.24, 2.45) is 11.8 Å². The Hall–Kier alpha value is -1.59. The molecule has 0 aliphatic heterocycles. The van der Waals surface area contributed by atoms with Gasteiger partial charge in [0.2, 0.25) is 0 Å². The zero-order valence-corrected chi connectivity index (χ0v) is 43.2. The topological polar surface area (TPSA) is 78.9 Å². The van der Waals surface area contributed by atoms with Crippen LogP contribution in [0, 0.1) is 11.8 Å². The van der Waals surface area contributed by atoms with Crippen molar-refractivity contribution in [1.82, 2.24) is 0 Å². The zero-order chi connectivity index (χ0) is 46.1. The Morgan fingerprint density at radius 1 is 0.333 bits per heavy atom. The van der Waals surface area contributed by atoms with Crippen LogP contribution in [0.25, 0.3) is 0 Å². The van der Waals surface area contributed by atoms with Gasteiger partial charge in [-0.15, -0.1) is 0 Å². The number of hydrogen-bond acceptors (Lipinski definition) is 6. The predicted octanol–water partition coefficient (Wildman–Crippen LogP) is 18.5. The standard InChI is InChI=1S/C57H110O6/c1-6-8-9-10-11-12-13-17-22-29-34-39-44-49-57(60)63-54(51-62-56(59)48-43-38-33-28-24-23-26-31-36-41-46-53(5)7-2)50-61-55(58)47-42-37-32-27-21-19-16-14-15-18-20-25-30-35-40-45-52(3)4/h52-54H,6-51H2,1-5H3/t53?,54-/m0/s1. The van der Waals surface area contributed by atoms with Crippen LogP contribution >= 0.6 is 0 Å². The molecule has 0 rings (SSSR count). The highest BCUT2D eigenvalue weighted by molar-refractivity contribution is 5.71. The first kappa shape index (κ1) is 61.4. The van der Waals surface area contributed by atoms with Crippen LogP contribution in [-0.2, 0) is 28.6 Å². The minimum absolute atomic E-state index is 0.0629. The van der Waals surface area contributed by atoms with Crippen LogP contribution in [-0.4, -0.2) is 37.2 Å². The molecule has 0 aromatic carbocycles. The van der Waals surface area contributed by atoms with Crippen molar-refractivity contribution in [3.8, 4) is 0 Å². The zero-order valence-electron chi connectivity index (χ0n) is 43.2. The van der Waals surface area contributed by atoms with E-state index in [2.05, 4.69) is 34.6 Å². The summed E-state index contributed by atoms with van der Waals surface area (Å²) in [6.45, 7) is 11.4. The van der Waals surface area contributed by atoms with E-state index in [9.17, 15) is 14.4 Å². The average Bonchev–Trinajstić information content (AvgIpc) is 3.27. The van der Waals surface area contributed by atoms with E-state index in [4.69, 9.17) is 14.2 Å². The van der Waals surface area contributed by atoms with Gasteiger partial charge >= 0.3 is 17.9 Å². The molecule has 0 saturated heterocycles. The third-order valence-corrected chi connectivity index (χ3v) is 13.3. The highest BCUT2D eigenvalue weighted by atomic mass is 16.6. The highest BCUT2D eigenvalue weighted by Crippen LogP contribution is 2.18. The van der Waals surface area contributed by atoms with Crippen LogP contribution in [0.5, 0.6) is 0 Å². The first-order chi connectivity index (χ1) is 30.8. The Kier molecular flexibility index (Phi) is 48.6. The van der Waals surface area contributed by atoms with Crippen molar-refractivity contribution in [2.75, 3.05) is 13.2 Å². The van der Waals surface area contributed by atoms with Gasteiger partial charge in [-0.2, -0.15) is 0 Å². The van der Waals surface area contributed by atoms with Gasteiger partial charge in [0.25, 0.3) is 0 Å². The first-order valence-electron chi connectivity index (χ1n) is 28.3. The third-order valence-electron chi connectivity index (χ3n) is 13.3. The Morgan fingerprint density at radius 2 is 0.603 bits per heavy atom. The second-order valence-corrected chi connectivity index (χ2v) is 20.3. The monoisotopic (exact) mass is 891 g/mol. The van der Waals surface area contributed by atoms with E-state index in [1.165, 1.54) is 205 Å². The molecule has 0 amide bonds. The summed E-state index contributed by atoms with van der Waals surface area (Å²) in [5.41, 5.74) is 0. The number of carbonyl (C=O) groups is 3. The summed E-state index contributed by atoms with van der Waals surface area (Å²) in [6, 6.07) is 0. The second kappa shape index (κ2) is 49.8. The van der Waals surface area contributed by atoms with Gasteiger partial charge in [-0.05, 0) is 31.1 Å². The fourth-order valence-electron chi connectivity index (χ4n) is 8.66. The number of ether oxygens (including phenoxy) is 3. The Labute approximate surface area is 393 Å². The molecule has 0 aromatic rings. The lowest BCUT2D eigenvalue weighted by molar-refractivity contribution is -0.167. The van der Waals surface area contributed by atoms with Gasteiger partial charge in [0, 0.05) is 19.3 Å². The molecule has 0 spiro atoms. The molecule has 1 unspecified atom stereocenters. The highest BCUT2D eigenvalue weighted by Gasteiger charge is 2.19. The van der Waals surface area contributed by atoms with Crippen LogP contribution in [0.15, 0.2) is 0 Å². The van der Waals surface area contributed by atoms with E-state index >= 15 is 0 Å². The van der Waals surface area contributed by atoms with Crippen LogP contribution in [0.2, 0.25) is 0 Å². The van der Waals surface area contributed by atoms with Crippen molar-refractivity contribution >= 4 is 17.9 Å². The molecular weight excluding hydrogens is 781 g/mol. The summed E-state index contributed by atoms with van der Waals surface area (Å²) in [6.07, 6.45) is 52.2. The lowest BCUT2D eigenvalue weighted by Gasteiger charge is -2.18. The van der Waals surface area contributed by atoms with Gasteiger partial charge in [-0.1, -0.05) is 279 Å². The van der Waals surface area contributed by atoms with Crippen molar-refractivity contribution in [3.63, 3.8) is 0 Å². The number of unbranched alkanes of at least 4 members (excludes halogenated alkanes) is 35. The normalized spacial score (nSPS) is 12.5. The summed E-state index contributed by atoms with van der Waals surface area (Å²) < 4.78 is 16.9. The van der Waals surface area contributed by atoms with Gasteiger partial charge in [-0.3, -0.25) is 14.4 Å². The van der Waals surface area contributed by atoms with Crippen LogP contribution in [0.4, 0.5) is 0 Å². The fraction of sp³-hybridized carbons (Fsp3) is 0.947. The maximum atomic E-state index is 12.8. The average molecular weight is 892 g/mol. The van der Waals surface area contributed by atoms with E-state index in [1.807, 2.05) is 0 Å². The minimum Gasteiger partial charge on any atom is -0.462 e. The van der Waals surface area contributed by atoms with Crippen molar-refractivity contribution in [1.29, 1.82) is 0 Å². The van der Waals surface area contributed by atoms with E-state index in [1.54, 1.807) is 0 Å². The molecule has 0 radical (unpaired) electrons. The molecule has 0 N–H and O–H groups in total. The molecule has 0 saturated carbocycles. The summed E-state index contributed by atoms with van der Waals surface area (Å²) in [7, 11) is 0. The second-order valence-electron chi connectivity index (χ2n) is 20.3. The molecule has 0 aliphatic rings. The predicted molar refractivity (Wildman–Crippen MR) is 270 cm³/mol. The molecule has 6 nitrogen and oxygen atoms in total. The smallest absolute Gasteiger partial charge is 0.306 e. The first-order valence-corrected chi connectivity index (χ1v) is 28.3. The largest absolute Gasteiger partial charge is 0.462 e. The van der Waals surface area contributed by atoms with Gasteiger partial charge in [0.15, 0.2) is 6.10 Å². The molecule has 2 atom stereocenters. The van der Waals surface area contributed by atoms with Crippen molar-refractivity contribution < 1.29 is 28.6 Å². The molecule has 0 heterocycles. The molecular formula is C57H110O6. The molecule has 0 aromatic heterocycles. The van der Waals surface area contributed by atoms with Crippen LogP contribution in [0.1, 0.15) is 317 Å². The maximum Gasteiger partial charge on any atom is 0.306 e. The van der Waals surface area contributed by atoms with Crippen molar-refractivity contribution in [3.05, 3.63) is 0 Å². The molecule has 6 heteroatoms. The van der Waals surface area contributed by atoms with Gasteiger partial charge in [-0.25, -0.2) is 0 Å². The summed E-state index contributed by atoms with van der Waals surface area (Å²) in [5.74, 6) is 0.878. The van der Waals surface area contributed by atoms with E-state index < -0.39 is 6.10 Å². The quantitative estimate of drug-likeness (QED) is 0.0344. The molecule has 63 heavy (non-hydrogen) atoms. The summed E-state index contributed by atoms with van der Waals surface area (Å²) >= 11 is 0. The number of hydrogen-bond donors (Lipinski definition) is 0. The summed E-state index contributed by atoms with van der Waals surface area (Å²) in [4.78, 5) is 38.1. The fourth-order valence-corrected chi connectivity index (χ4v) is 8.66. The SMILES string of the molecule is CCCCCCCCCCCCCCCC(=O)O[C@@H](COC(=O)CCCCCCCCCCCCCCCCCC(C)C)COC(=O)CCCCCCCCCCCCC(C)CC. The van der Waals surface area contributed by atoms with Crippen LogP contribution < -0.4 is 0 Å². The lowest BCUT2D eigenvalue weighted by atomic mass is 9.99. The van der Waals surface area contributed by atoms with E-state index in [0.29, 0.717) is 19.3 Å². The third kappa shape index (κ3) is 49.7. The minimum atomic E-state index is -0.762.